The third-order valence-electron chi connectivity index (χ3n) is 1.72. The number of hydrogen-bond acceptors (Lipinski definition) is 5. The molecule has 0 bridgehead atoms. The van der Waals surface area contributed by atoms with Gasteiger partial charge in [0, 0.05) is 17.2 Å². The Morgan fingerprint density at radius 2 is 1.29 bits per heavy atom. The van der Waals surface area contributed by atoms with Crippen molar-refractivity contribution in [2.75, 3.05) is 0 Å². The Balaban J connectivity index is -0.0000000863. The number of carboxylic acids is 3. The molecule has 0 saturated carbocycles. The largest absolute Gasteiger partial charge is 2.00 e. The number of carboxylic acid groups (broad SMARTS) is 3. The molecule has 0 radical (unpaired) electrons. The van der Waals surface area contributed by atoms with Crippen molar-refractivity contribution < 1.29 is 32.6 Å². The summed E-state index contributed by atoms with van der Waals surface area (Å²) >= 11 is 0. The normalized spacial score (nSPS) is 8.08. The van der Waals surface area contributed by atoms with Crippen molar-refractivity contribution in [1.82, 2.24) is 9.97 Å². The second kappa shape index (κ2) is 12.8. The Morgan fingerprint density at radius 1 is 0.958 bits per heavy atom. The number of rotatable bonds is 3. The van der Waals surface area contributed by atoms with Gasteiger partial charge in [-0.3, -0.25) is 9.78 Å². The molecule has 0 unspecified atom stereocenters. The summed E-state index contributed by atoms with van der Waals surface area (Å²) in [4.78, 5) is 54.1. The van der Waals surface area contributed by atoms with Gasteiger partial charge in [0.05, 0.1) is 0 Å². The SMILES string of the molecule is C=C(C)C(=O)O.C=C(C)C(=O)O.O=C(O)c1cc(=O)[nH]c(=O)[nH]1.[H-].[H-].[Mg+2]. The van der Waals surface area contributed by atoms with Crippen molar-refractivity contribution in [3.8, 4) is 0 Å². The Labute approximate surface area is 154 Å². The van der Waals surface area contributed by atoms with Crippen LogP contribution in [0.4, 0.5) is 0 Å². The molecule has 1 heterocycles. The summed E-state index contributed by atoms with van der Waals surface area (Å²) in [6, 6.07) is 0.795. The van der Waals surface area contributed by atoms with Crippen LogP contribution in [0, 0.1) is 0 Å². The molecule has 24 heavy (non-hydrogen) atoms. The first kappa shape index (κ1) is 26.2. The van der Waals surface area contributed by atoms with E-state index in [9.17, 15) is 24.0 Å². The minimum Gasteiger partial charge on any atom is -1.00 e. The molecule has 10 nitrogen and oxygen atoms in total. The fourth-order valence-corrected chi connectivity index (χ4v) is 0.584. The monoisotopic (exact) mass is 354 g/mol. The number of aliphatic carboxylic acids is 2. The van der Waals surface area contributed by atoms with Crippen LogP contribution in [0.2, 0.25) is 0 Å². The van der Waals surface area contributed by atoms with E-state index in [0.29, 0.717) is 0 Å². The molecule has 5 N–H and O–H groups in total. The van der Waals surface area contributed by atoms with Gasteiger partial charge in [-0.1, -0.05) is 13.2 Å². The van der Waals surface area contributed by atoms with Crippen LogP contribution in [0.15, 0.2) is 40.0 Å². The molecule has 0 fully saturated rings. The maximum Gasteiger partial charge on any atom is 2.00 e. The molecule has 0 aromatic carbocycles. The third kappa shape index (κ3) is 14.3. The summed E-state index contributed by atoms with van der Waals surface area (Å²) in [6.07, 6.45) is 0. The molecular formula is C13H18MgN2O8. The van der Waals surface area contributed by atoms with Gasteiger partial charge in [-0.15, -0.1) is 0 Å². The quantitative estimate of drug-likeness (QED) is 0.369. The smallest absolute Gasteiger partial charge is 1.00 e. The zero-order chi connectivity index (χ0) is 18.7. The molecule has 1 aromatic heterocycles. The summed E-state index contributed by atoms with van der Waals surface area (Å²) in [6.45, 7) is 9.20. The molecule has 0 atom stereocenters. The molecular weight excluding hydrogens is 336 g/mol. The summed E-state index contributed by atoms with van der Waals surface area (Å²) < 4.78 is 0. The van der Waals surface area contributed by atoms with Gasteiger partial charge in [0.15, 0.2) is 0 Å². The fraction of sp³-hybridized carbons (Fsp3) is 0.154. The number of aromatic carboxylic acids is 1. The van der Waals surface area contributed by atoms with Crippen LogP contribution in [-0.4, -0.2) is 66.2 Å². The van der Waals surface area contributed by atoms with Gasteiger partial charge in [-0.25, -0.2) is 19.2 Å². The second-order valence-electron chi connectivity index (χ2n) is 3.98. The van der Waals surface area contributed by atoms with E-state index in [0.717, 1.165) is 6.07 Å². The predicted octanol–water partition coefficient (Wildman–Crippen LogP) is -0.100. The summed E-state index contributed by atoms with van der Waals surface area (Å²) in [5.41, 5.74) is -1.62. The van der Waals surface area contributed by atoms with Gasteiger partial charge >= 0.3 is 46.7 Å². The zero-order valence-electron chi connectivity index (χ0n) is 15.1. The number of carbonyl (C=O) groups is 3. The van der Waals surface area contributed by atoms with E-state index in [2.05, 4.69) is 13.2 Å². The Morgan fingerprint density at radius 3 is 1.50 bits per heavy atom. The average Bonchev–Trinajstić information content (AvgIpc) is 2.38. The molecule has 1 rings (SSSR count). The number of aromatic nitrogens is 2. The van der Waals surface area contributed by atoms with Gasteiger partial charge in [-0.05, 0) is 13.8 Å². The van der Waals surface area contributed by atoms with Crippen molar-refractivity contribution >= 4 is 41.0 Å². The van der Waals surface area contributed by atoms with E-state index in [-0.39, 0.29) is 37.1 Å². The Hall–Kier alpha value is -2.66. The molecule has 0 aliphatic heterocycles. The van der Waals surface area contributed by atoms with E-state index in [1.54, 1.807) is 0 Å². The van der Waals surface area contributed by atoms with Crippen molar-refractivity contribution in [2.45, 2.75) is 13.8 Å². The first-order valence-corrected chi connectivity index (χ1v) is 5.73. The number of aromatic amines is 2. The summed E-state index contributed by atoms with van der Waals surface area (Å²) in [5, 5.41) is 24.1. The number of hydrogen-bond donors (Lipinski definition) is 5. The van der Waals surface area contributed by atoms with Crippen molar-refractivity contribution in [2.24, 2.45) is 0 Å². The molecule has 0 aliphatic rings. The van der Waals surface area contributed by atoms with E-state index in [1.807, 2.05) is 9.97 Å². The van der Waals surface area contributed by atoms with Crippen molar-refractivity contribution in [3.05, 3.63) is 56.9 Å². The zero-order valence-corrected chi connectivity index (χ0v) is 14.5. The maximum atomic E-state index is 10.5. The van der Waals surface area contributed by atoms with E-state index in [1.165, 1.54) is 13.8 Å². The number of H-pyrrole nitrogens is 2. The summed E-state index contributed by atoms with van der Waals surface area (Å²) in [5.74, 6) is -3.21. The van der Waals surface area contributed by atoms with Gasteiger partial charge < -0.3 is 23.2 Å². The van der Waals surface area contributed by atoms with Gasteiger partial charge in [-0.2, -0.15) is 0 Å². The van der Waals surface area contributed by atoms with Gasteiger partial charge in [0.1, 0.15) is 5.69 Å². The van der Waals surface area contributed by atoms with Gasteiger partial charge in [0.25, 0.3) is 5.56 Å². The van der Waals surface area contributed by atoms with Crippen LogP contribution in [0.5, 0.6) is 0 Å². The first-order chi connectivity index (χ1) is 10.4. The topological polar surface area (TPSA) is 178 Å². The van der Waals surface area contributed by atoms with Crippen molar-refractivity contribution in [3.63, 3.8) is 0 Å². The average molecular weight is 355 g/mol. The van der Waals surface area contributed by atoms with E-state index >= 15 is 0 Å². The molecule has 130 valence electrons. The Bertz CT molecular complexity index is 666. The molecule has 1 aromatic rings. The second-order valence-corrected chi connectivity index (χ2v) is 3.98. The minimum absolute atomic E-state index is 0. The van der Waals surface area contributed by atoms with Crippen LogP contribution in [0.3, 0.4) is 0 Å². The molecule has 0 amide bonds. The predicted molar refractivity (Wildman–Crippen MR) is 87.5 cm³/mol. The molecule has 0 spiro atoms. The fourth-order valence-electron chi connectivity index (χ4n) is 0.584. The first-order valence-electron chi connectivity index (χ1n) is 5.73. The standard InChI is InChI=1S/C5H4N2O4.2C4H6O2.Mg.2H/c8-3-1-2(4(9)10)6-5(11)7-3;2*1-3(2)4(5)6;;;/h1H,(H,9,10)(H2,6,7,8,11);2*1H2,2H3,(H,5,6);;;/q;;;+2;2*-1. The van der Waals surface area contributed by atoms with Crippen LogP contribution in [0.25, 0.3) is 0 Å². The van der Waals surface area contributed by atoms with Crippen LogP contribution >= 0.6 is 0 Å². The third-order valence-corrected chi connectivity index (χ3v) is 1.72. The van der Waals surface area contributed by atoms with E-state index < -0.39 is 34.9 Å². The number of nitrogens with one attached hydrogen (secondary N) is 2. The van der Waals surface area contributed by atoms with Crippen LogP contribution in [0.1, 0.15) is 27.2 Å². The maximum absolute atomic E-state index is 10.5. The van der Waals surface area contributed by atoms with Crippen LogP contribution < -0.4 is 11.2 Å². The molecule has 0 aliphatic carbocycles. The van der Waals surface area contributed by atoms with Gasteiger partial charge in [0.2, 0.25) is 0 Å². The molecule has 0 saturated heterocycles. The van der Waals surface area contributed by atoms with E-state index in [4.69, 9.17) is 15.3 Å². The summed E-state index contributed by atoms with van der Waals surface area (Å²) in [7, 11) is 0. The van der Waals surface area contributed by atoms with Crippen molar-refractivity contribution in [1.29, 1.82) is 0 Å². The molecule has 11 heteroatoms. The minimum atomic E-state index is -1.34. The van der Waals surface area contributed by atoms with Crippen LogP contribution in [-0.2, 0) is 9.59 Å². The Kier molecular flexibility index (Phi) is 14.0.